The predicted molar refractivity (Wildman–Crippen MR) is 96.7 cm³/mol. The van der Waals surface area contributed by atoms with E-state index in [2.05, 4.69) is 15.4 Å². The number of nitrogens with one attached hydrogen (secondary N) is 1. The van der Waals surface area contributed by atoms with Gasteiger partial charge in [-0.2, -0.15) is 5.10 Å². The first kappa shape index (κ1) is 17.0. The first-order valence-electron chi connectivity index (χ1n) is 7.74. The predicted octanol–water partition coefficient (Wildman–Crippen LogP) is 2.08. The van der Waals surface area contributed by atoms with Crippen molar-refractivity contribution < 1.29 is 9.00 Å². The Bertz CT molecular complexity index is 894. The Labute approximate surface area is 148 Å². The van der Waals surface area contributed by atoms with E-state index in [4.69, 9.17) is 0 Å². The molecule has 1 atom stereocenters. The number of carbonyl (C=O) groups excluding carboxylic acids is 1. The molecule has 1 aromatic carbocycles. The standard InChI is InChI=1S/C18H18N4O2S/c1-25(24)13-14-5-2-6-15(11-14)18(23)20-12-16-7-3-8-19-17(16)22-10-4-9-21-22/h2-11H,12-13H2,1H3,(H,20,23)/t25-/m1/s1. The number of benzene rings is 1. The second-order valence-electron chi connectivity index (χ2n) is 5.54. The summed E-state index contributed by atoms with van der Waals surface area (Å²) < 4.78 is 13.0. The van der Waals surface area contributed by atoms with Crippen molar-refractivity contribution in [2.45, 2.75) is 12.3 Å². The molecule has 3 rings (SSSR count). The molecule has 0 saturated carbocycles. The number of aromatic nitrogens is 3. The van der Waals surface area contributed by atoms with Gasteiger partial charge in [0.2, 0.25) is 0 Å². The number of rotatable bonds is 6. The van der Waals surface area contributed by atoms with Gasteiger partial charge in [-0.1, -0.05) is 18.2 Å². The normalized spacial score (nSPS) is 11.9. The lowest BCUT2D eigenvalue weighted by Crippen LogP contribution is -2.24. The Morgan fingerprint density at radius 3 is 2.84 bits per heavy atom. The quantitative estimate of drug-likeness (QED) is 0.735. The lowest BCUT2D eigenvalue weighted by atomic mass is 10.1. The van der Waals surface area contributed by atoms with Gasteiger partial charge >= 0.3 is 0 Å². The molecule has 2 aromatic heterocycles. The summed E-state index contributed by atoms with van der Waals surface area (Å²) >= 11 is 0. The van der Waals surface area contributed by atoms with Crippen molar-refractivity contribution >= 4 is 16.7 Å². The van der Waals surface area contributed by atoms with Crippen molar-refractivity contribution in [3.05, 3.63) is 77.7 Å². The zero-order chi connectivity index (χ0) is 17.6. The van der Waals surface area contributed by atoms with Gasteiger partial charge in [-0.15, -0.1) is 0 Å². The van der Waals surface area contributed by atoms with E-state index in [-0.39, 0.29) is 5.91 Å². The van der Waals surface area contributed by atoms with Gasteiger partial charge in [-0.3, -0.25) is 9.00 Å². The molecule has 25 heavy (non-hydrogen) atoms. The average Bonchev–Trinajstić information content (AvgIpc) is 3.14. The van der Waals surface area contributed by atoms with Crippen LogP contribution in [0.2, 0.25) is 0 Å². The van der Waals surface area contributed by atoms with Gasteiger partial charge < -0.3 is 5.32 Å². The van der Waals surface area contributed by atoms with E-state index >= 15 is 0 Å². The molecule has 0 fully saturated rings. The molecule has 128 valence electrons. The molecule has 0 aliphatic carbocycles. The molecule has 6 nitrogen and oxygen atoms in total. The summed E-state index contributed by atoms with van der Waals surface area (Å²) in [4.78, 5) is 16.8. The van der Waals surface area contributed by atoms with Crippen LogP contribution in [0.5, 0.6) is 0 Å². The smallest absolute Gasteiger partial charge is 0.251 e. The van der Waals surface area contributed by atoms with E-state index in [1.165, 1.54) is 0 Å². The van der Waals surface area contributed by atoms with Crippen LogP contribution in [0.3, 0.4) is 0 Å². The number of hydrogen-bond acceptors (Lipinski definition) is 4. The van der Waals surface area contributed by atoms with Crippen molar-refractivity contribution in [1.82, 2.24) is 20.1 Å². The van der Waals surface area contributed by atoms with Gasteiger partial charge in [-0.25, -0.2) is 9.67 Å². The molecule has 2 heterocycles. The highest BCUT2D eigenvalue weighted by atomic mass is 32.2. The zero-order valence-electron chi connectivity index (χ0n) is 13.8. The zero-order valence-corrected chi connectivity index (χ0v) is 14.6. The van der Waals surface area contributed by atoms with Crippen molar-refractivity contribution in [2.24, 2.45) is 0 Å². The summed E-state index contributed by atoms with van der Waals surface area (Å²) in [6, 6.07) is 12.7. The monoisotopic (exact) mass is 354 g/mol. The number of amides is 1. The molecule has 0 unspecified atom stereocenters. The minimum Gasteiger partial charge on any atom is -0.348 e. The van der Waals surface area contributed by atoms with E-state index in [0.29, 0.717) is 23.7 Å². The highest BCUT2D eigenvalue weighted by Gasteiger charge is 2.10. The van der Waals surface area contributed by atoms with Crippen LogP contribution < -0.4 is 5.32 Å². The number of nitrogens with zero attached hydrogens (tertiary/aromatic N) is 3. The molecular formula is C18H18N4O2S. The molecule has 0 aliphatic heterocycles. The third kappa shape index (κ3) is 4.39. The molecule has 0 spiro atoms. The summed E-state index contributed by atoms with van der Waals surface area (Å²) in [6.07, 6.45) is 6.82. The maximum atomic E-state index is 12.4. The molecular weight excluding hydrogens is 336 g/mol. The Morgan fingerprint density at radius 1 is 1.20 bits per heavy atom. The molecule has 0 bridgehead atoms. The minimum atomic E-state index is -0.941. The maximum absolute atomic E-state index is 12.4. The third-order valence-corrected chi connectivity index (χ3v) is 4.33. The molecule has 0 radical (unpaired) electrons. The topological polar surface area (TPSA) is 76.9 Å². The average molecular weight is 354 g/mol. The van der Waals surface area contributed by atoms with Gasteiger partial charge in [0.15, 0.2) is 5.82 Å². The lowest BCUT2D eigenvalue weighted by molar-refractivity contribution is 0.0951. The summed E-state index contributed by atoms with van der Waals surface area (Å²) in [6.45, 7) is 0.339. The van der Waals surface area contributed by atoms with Crippen LogP contribution in [0.1, 0.15) is 21.5 Å². The van der Waals surface area contributed by atoms with Crippen LogP contribution in [-0.2, 0) is 23.1 Å². The van der Waals surface area contributed by atoms with Crippen LogP contribution in [0.4, 0.5) is 0 Å². The van der Waals surface area contributed by atoms with Crippen LogP contribution >= 0.6 is 0 Å². The minimum absolute atomic E-state index is 0.181. The van der Waals surface area contributed by atoms with Gasteiger partial charge in [0, 0.05) is 59.1 Å². The second-order valence-corrected chi connectivity index (χ2v) is 6.97. The van der Waals surface area contributed by atoms with Crippen molar-refractivity contribution in [3.8, 4) is 5.82 Å². The molecule has 1 N–H and O–H groups in total. The number of hydrogen-bond donors (Lipinski definition) is 1. The lowest BCUT2D eigenvalue weighted by Gasteiger charge is -2.10. The SMILES string of the molecule is C[S@@](=O)Cc1cccc(C(=O)NCc2cccnc2-n2cccn2)c1. The summed E-state index contributed by atoms with van der Waals surface area (Å²) in [5, 5.41) is 7.09. The molecule has 7 heteroatoms. The van der Waals surface area contributed by atoms with Crippen LogP contribution in [0.25, 0.3) is 5.82 Å². The van der Waals surface area contributed by atoms with Crippen LogP contribution in [-0.4, -0.2) is 31.1 Å². The fraction of sp³-hybridized carbons (Fsp3) is 0.167. The third-order valence-electron chi connectivity index (χ3n) is 3.59. The summed E-state index contributed by atoms with van der Waals surface area (Å²) in [7, 11) is -0.941. The Morgan fingerprint density at radius 2 is 2.08 bits per heavy atom. The fourth-order valence-corrected chi connectivity index (χ4v) is 3.13. The van der Waals surface area contributed by atoms with E-state index in [1.54, 1.807) is 41.5 Å². The highest BCUT2D eigenvalue weighted by molar-refractivity contribution is 7.83. The molecule has 0 saturated heterocycles. The number of pyridine rings is 1. The Hall–Kier alpha value is -2.80. The molecule has 3 aromatic rings. The van der Waals surface area contributed by atoms with Gasteiger partial charge in [0.25, 0.3) is 5.91 Å². The Kier molecular flexibility index (Phi) is 5.35. The first-order valence-corrected chi connectivity index (χ1v) is 9.47. The number of carbonyl (C=O) groups is 1. The van der Waals surface area contributed by atoms with Crippen molar-refractivity contribution in [3.63, 3.8) is 0 Å². The van der Waals surface area contributed by atoms with Crippen LogP contribution in [0, 0.1) is 0 Å². The van der Waals surface area contributed by atoms with Gasteiger partial charge in [-0.05, 0) is 29.8 Å². The highest BCUT2D eigenvalue weighted by Crippen LogP contribution is 2.11. The van der Waals surface area contributed by atoms with Crippen LogP contribution in [0.15, 0.2) is 61.1 Å². The molecule has 1 amide bonds. The van der Waals surface area contributed by atoms with Gasteiger partial charge in [0.1, 0.15) is 0 Å². The Balaban J connectivity index is 1.72. The van der Waals surface area contributed by atoms with E-state index < -0.39 is 10.8 Å². The second kappa shape index (κ2) is 7.85. The molecule has 0 aliphatic rings. The van der Waals surface area contributed by atoms with Crippen molar-refractivity contribution in [1.29, 1.82) is 0 Å². The summed E-state index contributed by atoms with van der Waals surface area (Å²) in [5.41, 5.74) is 2.30. The first-order chi connectivity index (χ1) is 12.1. The maximum Gasteiger partial charge on any atom is 0.251 e. The fourth-order valence-electron chi connectivity index (χ4n) is 2.48. The van der Waals surface area contributed by atoms with Crippen molar-refractivity contribution in [2.75, 3.05) is 6.26 Å². The van der Waals surface area contributed by atoms with E-state index in [9.17, 15) is 9.00 Å². The summed E-state index contributed by atoms with van der Waals surface area (Å²) in [5.74, 6) is 0.939. The largest absolute Gasteiger partial charge is 0.348 e. The van der Waals surface area contributed by atoms with E-state index in [0.717, 1.165) is 11.1 Å². The van der Waals surface area contributed by atoms with E-state index in [1.807, 2.05) is 30.5 Å². The van der Waals surface area contributed by atoms with Gasteiger partial charge in [0.05, 0.1) is 0 Å².